The van der Waals surface area contributed by atoms with Crippen LogP contribution in [0, 0.1) is 0 Å². The van der Waals surface area contributed by atoms with Crippen molar-refractivity contribution in [2.75, 3.05) is 46.6 Å². The number of nitrogens with one attached hydrogen (secondary N) is 2. The van der Waals surface area contributed by atoms with E-state index in [2.05, 4.69) is 10.6 Å². The summed E-state index contributed by atoms with van der Waals surface area (Å²) in [6.45, 7) is 5.33. The smallest absolute Gasteiger partial charge is 0.0700 e. The average Bonchev–Trinajstić information content (AvgIpc) is 2.69. The topological polar surface area (TPSA) is 42.5 Å². The molecule has 2 N–H and O–H groups in total. The van der Waals surface area contributed by atoms with Crippen LogP contribution in [0.4, 0.5) is 0 Å². The SMILES string of the molecule is COCCOCCNCC1CCCN1. The highest BCUT2D eigenvalue weighted by Crippen LogP contribution is 2.02. The summed E-state index contributed by atoms with van der Waals surface area (Å²) in [6, 6.07) is 0.675. The minimum atomic E-state index is 0.675. The summed E-state index contributed by atoms with van der Waals surface area (Å²) in [4.78, 5) is 0. The summed E-state index contributed by atoms with van der Waals surface area (Å²) in [6.07, 6.45) is 2.62. The maximum Gasteiger partial charge on any atom is 0.0700 e. The van der Waals surface area contributed by atoms with Crippen LogP contribution >= 0.6 is 0 Å². The molecule has 1 unspecified atom stereocenters. The van der Waals surface area contributed by atoms with E-state index in [0.717, 1.165) is 19.7 Å². The molecule has 4 heteroatoms. The van der Waals surface area contributed by atoms with Gasteiger partial charge in [-0.25, -0.2) is 0 Å². The van der Waals surface area contributed by atoms with Crippen LogP contribution in [0.2, 0.25) is 0 Å². The maximum absolute atomic E-state index is 5.33. The molecule has 1 atom stereocenters. The van der Waals surface area contributed by atoms with E-state index >= 15 is 0 Å². The predicted octanol–water partition coefficient (Wildman–Crippen LogP) is -0.00900. The Morgan fingerprint density at radius 2 is 2.29 bits per heavy atom. The molecule has 4 nitrogen and oxygen atoms in total. The molecule has 1 saturated heterocycles. The number of ether oxygens (including phenoxy) is 2. The number of hydrogen-bond acceptors (Lipinski definition) is 4. The van der Waals surface area contributed by atoms with Gasteiger partial charge in [-0.1, -0.05) is 0 Å². The van der Waals surface area contributed by atoms with Gasteiger partial charge in [-0.2, -0.15) is 0 Å². The van der Waals surface area contributed by atoms with Gasteiger partial charge in [0.1, 0.15) is 0 Å². The lowest BCUT2D eigenvalue weighted by Crippen LogP contribution is -2.35. The van der Waals surface area contributed by atoms with E-state index in [-0.39, 0.29) is 0 Å². The monoisotopic (exact) mass is 202 g/mol. The molecule has 1 fully saturated rings. The van der Waals surface area contributed by atoms with Crippen molar-refractivity contribution in [3.63, 3.8) is 0 Å². The van der Waals surface area contributed by atoms with Gasteiger partial charge >= 0.3 is 0 Å². The van der Waals surface area contributed by atoms with Gasteiger partial charge in [0.2, 0.25) is 0 Å². The highest BCUT2D eigenvalue weighted by atomic mass is 16.5. The van der Waals surface area contributed by atoms with Crippen molar-refractivity contribution in [1.82, 2.24) is 10.6 Å². The summed E-state index contributed by atoms with van der Waals surface area (Å²) >= 11 is 0. The molecule has 0 aliphatic carbocycles. The van der Waals surface area contributed by atoms with Crippen molar-refractivity contribution in [3.8, 4) is 0 Å². The van der Waals surface area contributed by atoms with E-state index in [1.54, 1.807) is 7.11 Å². The lowest BCUT2D eigenvalue weighted by Gasteiger charge is -2.11. The molecule has 0 aromatic carbocycles. The lowest BCUT2D eigenvalue weighted by atomic mass is 10.2. The molecule has 0 saturated carbocycles. The number of methoxy groups -OCH3 is 1. The first-order chi connectivity index (χ1) is 6.93. The van der Waals surface area contributed by atoms with Gasteiger partial charge in [0.15, 0.2) is 0 Å². The van der Waals surface area contributed by atoms with E-state index in [9.17, 15) is 0 Å². The Hall–Kier alpha value is -0.160. The van der Waals surface area contributed by atoms with E-state index < -0.39 is 0 Å². The first-order valence-corrected chi connectivity index (χ1v) is 5.44. The van der Waals surface area contributed by atoms with Crippen LogP contribution in [0.5, 0.6) is 0 Å². The fourth-order valence-corrected chi connectivity index (χ4v) is 1.60. The molecule has 0 spiro atoms. The van der Waals surface area contributed by atoms with Crippen molar-refractivity contribution >= 4 is 0 Å². The first kappa shape index (κ1) is 11.9. The Kier molecular flexibility index (Phi) is 6.95. The summed E-state index contributed by atoms with van der Waals surface area (Å²) in [5, 5.41) is 6.82. The molecule has 0 radical (unpaired) electrons. The van der Waals surface area contributed by atoms with Crippen LogP contribution in [0.15, 0.2) is 0 Å². The van der Waals surface area contributed by atoms with E-state index in [1.807, 2.05) is 0 Å². The number of rotatable bonds is 8. The Labute approximate surface area is 86.3 Å². The quantitative estimate of drug-likeness (QED) is 0.543. The second kappa shape index (κ2) is 8.17. The molecule has 84 valence electrons. The molecule has 1 rings (SSSR count). The van der Waals surface area contributed by atoms with Gasteiger partial charge in [0.25, 0.3) is 0 Å². The third kappa shape index (κ3) is 5.54. The molecule has 0 aromatic rings. The fourth-order valence-electron chi connectivity index (χ4n) is 1.60. The lowest BCUT2D eigenvalue weighted by molar-refractivity contribution is 0.0719. The van der Waals surface area contributed by atoms with Gasteiger partial charge < -0.3 is 20.1 Å². The Morgan fingerprint density at radius 1 is 1.36 bits per heavy atom. The van der Waals surface area contributed by atoms with Crippen molar-refractivity contribution in [2.24, 2.45) is 0 Å². The van der Waals surface area contributed by atoms with Crippen LogP contribution in [0.25, 0.3) is 0 Å². The molecule has 14 heavy (non-hydrogen) atoms. The third-order valence-corrected chi connectivity index (χ3v) is 2.41. The minimum absolute atomic E-state index is 0.675. The Bertz CT molecular complexity index is 127. The van der Waals surface area contributed by atoms with E-state index in [1.165, 1.54) is 19.4 Å². The van der Waals surface area contributed by atoms with Crippen molar-refractivity contribution in [2.45, 2.75) is 18.9 Å². The molecule has 1 aliphatic heterocycles. The zero-order chi connectivity index (χ0) is 10.1. The minimum Gasteiger partial charge on any atom is -0.382 e. The fraction of sp³-hybridized carbons (Fsp3) is 1.00. The van der Waals surface area contributed by atoms with Gasteiger partial charge in [-0.3, -0.25) is 0 Å². The van der Waals surface area contributed by atoms with Crippen molar-refractivity contribution in [1.29, 1.82) is 0 Å². The zero-order valence-electron chi connectivity index (χ0n) is 9.05. The third-order valence-electron chi connectivity index (χ3n) is 2.41. The average molecular weight is 202 g/mol. The second-order valence-electron chi connectivity index (χ2n) is 3.60. The van der Waals surface area contributed by atoms with E-state index in [0.29, 0.717) is 19.3 Å². The first-order valence-electron chi connectivity index (χ1n) is 5.44. The molecule has 1 aliphatic rings. The predicted molar refractivity (Wildman–Crippen MR) is 56.6 cm³/mol. The van der Waals surface area contributed by atoms with Crippen LogP contribution in [-0.2, 0) is 9.47 Å². The van der Waals surface area contributed by atoms with Gasteiger partial charge in [0, 0.05) is 26.2 Å². The van der Waals surface area contributed by atoms with Crippen LogP contribution in [-0.4, -0.2) is 52.6 Å². The summed E-state index contributed by atoms with van der Waals surface area (Å²) in [7, 11) is 1.69. The van der Waals surface area contributed by atoms with Crippen molar-refractivity contribution < 1.29 is 9.47 Å². The second-order valence-corrected chi connectivity index (χ2v) is 3.60. The molecular formula is C10H22N2O2. The van der Waals surface area contributed by atoms with Gasteiger partial charge in [0.05, 0.1) is 19.8 Å². The highest BCUT2D eigenvalue weighted by Gasteiger charge is 2.12. The normalized spacial score (nSPS) is 21.6. The molecule has 1 heterocycles. The molecule has 0 amide bonds. The summed E-state index contributed by atoms with van der Waals surface area (Å²) in [5.74, 6) is 0. The highest BCUT2D eigenvalue weighted by molar-refractivity contribution is 4.75. The Morgan fingerprint density at radius 3 is 3.00 bits per heavy atom. The van der Waals surface area contributed by atoms with Crippen LogP contribution in [0.3, 0.4) is 0 Å². The van der Waals surface area contributed by atoms with Crippen LogP contribution in [0.1, 0.15) is 12.8 Å². The van der Waals surface area contributed by atoms with E-state index in [4.69, 9.17) is 9.47 Å². The summed E-state index contributed by atoms with van der Waals surface area (Å²) < 4.78 is 10.2. The largest absolute Gasteiger partial charge is 0.382 e. The zero-order valence-corrected chi connectivity index (χ0v) is 9.05. The molecule has 0 bridgehead atoms. The molecular weight excluding hydrogens is 180 g/mol. The maximum atomic E-state index is 5.33. The molecule has 0 aromatic heterocycles. The number of hydrogen-bond donors (Lipinski definition) is 2. The van der Waals surface area contributed by atoms with Gasteiger partial charge in [-0.05, 0) is 19.4 Å². The van der Waals surface area contributed by atoms with Crippen molar-refractivity contribution in [3.05, 3.63) is 0 Å². The Balaban J connectivity index is 1.75. The van der Waals surface area contributed by atoms with Gasteiger partial charge in [-0.15, -0.1) is 0 Å². The standard InChI is InChI=1S/C10H22N2O2/c1-13-7-8-14-6-5-11-9-10-3-2-4-12-10/h10-12H,2-9H2,1H3. The van der Waals surface area contributed by atoms with Crippen LogP contribution < -0.4 is 10.6 Å². The summed E-state index contributed by atoms with van der Waals surface area (Å²) in [5.41, 5.74) is 0.